The lowest BCUT2D eigenvalue weighted by molar-refractivity contribution is -0.0965. The summed E-state index contributed by atoms with van der Waals surface area (Å²) in [6.07, 6.45) is 1.06. The van der Waals surface area contributed by atoms with Crippen LogP contribution in [0.15, 0.2) is 0 Å². The van der Waals surface area contributed by atoms with Crippen molar-refractivity contribution in [3.8, 4) is 0 Å². The van der Waals surface area contributed by atoms with Crippen LogP contribution in [0.2, 0.25) is 19.6 Å². The molecule has 1 rings (SSSR count). The zero-order valence-corrected chi connectivity index (χ0v) is 9.10. The van der Waals surface area contributed by atoms with Crippen molar-refractivity contribution in [2.45, 2.75) is 38.8 Å². The predicted octanol–water partition coefficient (Wildman–Crippen LogP) is 2.22. The Morgan fingerprint density at radius 3 is 1.91 bits per heavy atom. The Bertz CT molecular complexity index is 149. The van der Waals surface area contributed by atoms with Gasteiger partial charge in [-0.15, -0.1) is 0 Å². The molecule has 1 aliphatic carbocycles. The van der Waals surface area contributed by atoms with Crippen LogP contribution in [0.3, 0.4) is 0 Å². The molecule has 2 nitrogen and oxygen atoms in total. The molecule has 0 aromatic carbocycles. The highest BCUT2D eigenvalue weighted by atomic mass is 28.4. The standard InChI is InChI=1S/C8H18O2Si/c1-7-6-8(7,9-2)10-11(3,4)5/h7H,6H2,1-5H3/t7-,8-/m0/s1. The van der Waals surface area contributed by atoms with Gasteiger partial charge in [0, 0.05) is 19.4 Å². The Morgan fingerprint density at radius 1 is 1.36 bits per heavy atom. The second kappa shape index (κ2) is 2.57. The molecular weight excluding hydrogens is 156 g/mol. The summed E-state index contributed by atoms with van der Waals surface area (Å²) in [6.45, 7) is 8.75. The van der Waals surface area contributed by atoms with Gasteiger partial charge in [0.25, 0.3) is 0 Å². The van der Waals surface area contributed by atoms with Gasteiger partial charge in [-0.25, -0.2) is 0 Å². The molecule has 0 N–H and O–H groups in total. The van der Waals surface area contributed by atoms with Gasteiger partial charge in [-0.3, -0.25) is 0 Å². The lowest BCUT2D eigenvalue weighted by atomic mass is 10.5. The van der Waals surface area contributed by atoms with Crippen LogP contribution in [0, 0.1) is 5.92 Å². The van der Waals surface area contributed by atoms with E-state index in [0.29, 0.717) is 5.92 Å². The minimum atomic E-state index is -1.42. The van der Waals surface area contributed by atoms with Crippen LogP contribution in [-0.4, -0.2) is 21.2 Å². The number of ether oxygens (including phenoxy) is 1. The fourth-order valence-corrected chi connectivity index (χ4v) is 2.76. The van der Waals surface area contributed by atoms with Gasteiger partial charge in [0.15, 0.2) is 14.1 Å². The maximum Gasteiger partial charge on any atom is 0.187 e. The number of hydrogen-bond donors (Lipinski definition) is 0. The first-order valence-electron chi connectivity index (χ1n) is 4.15. The van der Waals surface area contributed by atoms with E-state index in [0.717, 1.165) is 6.42 Å². The smallest absolute Gasteiger partial charge is 0.187 e. The first kappa shape index (κ1) is 9.23. The average Bonchev–Trinajstić information content (AvgIpc) is 2.39. The number of rotatable bonds is 3. The van der Waals surface area contributed by atoms with Gasteiger partial charge in [0.05, 0.1) is 0 Å². The van der Waals surface area contributed by atoms with Crippen LogP contribution in [0.25, 0.3) is 0 Å². The molecule has 1 fully saturated rings. The first-order chi connectivity index (χ1) is 4.90. The molecule has 0 spiro atoms. The Morgan fingerprint density at radius 2 is 1.82 bits per heavy atom. The summed E-state index contributed by atoms with van der Waals surface area (Å²) in [7, 11) is 0.322. The molecule has 0 aliphatic heterocycles. The van der Waals surface area contributed by atoms with Crippen LogP contribution in [0.4, 0.5) is 0 Å². The maximum absolute atomic E-state index is 5.91. The summed E-state index contributed by atoms with van der Waals surface area (Å²) in [4.78, 5) is 0. The van der Waals surface area contributed by atoms with Gasteiger partial charge in [-0.2, -0.15) is 0 Å². The molecule has 11 heavy (non-hydrogen) atoms. The van der Waals surface area contributed by atoms with Crippen molar-refractivity contribution >= 4 is 8.32 Å². The first-order valence-corrected chi connectivity index (χ1v) is 7.56. The average molecular weight is 174 g/mol. The van der Waals surface area contributed by atoms with Gasteiger partial charge in [-0.05, 0) is 19.6 Å². The van der Waals surface area contributed by atoms with Crippen LogP contribution in [0.1, 0.15) is 13.3 Å². The molecule has 3 heteroatoms. The van der Waals surface area contributed by atoms with Crippen molar-refractivity contribution in [3.05, 3.63) is 0 Å². The van der Waals surface area contributed by atoms with E-state index in [1.165, 1.54) is 0 Å². The molecule has 0 aromatic heterocycles. The van der Waals surface area contributed by atoms with Crippen molar-refractivity contribution in [3.63, 3.8) is 0 Å². The van der Waals surface area contributed by atoms with Crippen molar-refractivity contribution in [1.82, 2.24) is 0 Å². The van der Waals surface area contributed by atoms with Crippen molar-refractivity contribution < 1.29 is 9.16 Å². The van der Waals surface area contributed by atoms with E-state index in [-0.39, 0.29) is 5.79 Å². The summed E-state index contributed by atoms with van der Waals surface area (Å²) >= 11 is 0. The van der Waals surface area contributed by atoms with Crippen molar-refractivity contribution in [2.24, 2.45) is 5.92 Å². The summed E-state index contributed by atoms with van der Waals surface area (Å²) in [6, 6.07) is 0. The van der Waals surface area contributed by atoms with Crippen LogP contribution in [0.5, 0.6) is 0 Å². The third-order valence-corrected chi connectivity index (χ3v) is 2.96. The highest BCUT2D eigenvalue weighted by Gasteiger charge is 2.55. The van der Waals surface area contributed by atoms with Crippen LogP contribution < -0.4 is 0 Å². The maximum atomic E-state index is 5.91. The predicted molar refractivity (Wildman–Crippen MR) is 48.0 cm³/mol. The van der Waals surface area contributed by atoms with E-state index >= 15 is 0 Å². The quantitative estimate of drug-likeness (QED) is 0.482. The third-order valence-electron chi connectivity index (χ3n) is 2.01. The zero-order chi connectivity index (χ0) is 8.70. The molecule has 0 aromatic rings. The van der Waals surface area contributed by atoms with Gasteiger partial charge in [0.2, 0.25) is 0 Å². The van der Waals surface area contributed by atoms with E-state index in [2.05, 4.69) is 26.6 Å². The van der Waals surface area contributed by atoms with E-state index in [1.807, 2.05) is 0 Å². The summed E-state index contributed by atoms with van der Waals surface area (Å²) in [5.74, 6) is 0.379. The molecule has 2 atom stereocenters. The normalized spacial score (nSPS) is 37.4. The van der Waals surface area contributed by atoms with Crippen molar-refractivity contribution in [2.75, 3.05) is 7.11 Å². The molecule has 0 bridgehead atoms. The van der Waals surface area contributed by atoms with E-state index in [4.69, 9.17) is 9.16 Å². The highest BCUT2D eigenvalue weighted by Crippen LogP contribution is 2.48. The molecular formula is C8H18O2Si. The summed E-state index contributed by atoms with van der Waals surface area (Å²) in [5, 5.41) is 0. The van der Waals surface area contributed by atoms with Crippen LogP contribution >= 0.6 is 0 Å². The third kappa shape index (κ3) is 2.04. The minimum Gasteiger partial charge on any atom is -0.391 e. The molecule has 1 saturated carbocycles. The topological polar surface area (TPSA) is 18.5 Å². The molecule has 0 saturated heterocycles. The van der Waals surface area contributed by atoms with E-state index in [9.17, 15) is 0 Å². The largest absolute Gasteiger partial charge is 0.391 e. The zero-order valence-electron chi connectivity index (χ0n) is 8.10. The minimum absolute atomic E-state index is 0.204. The lowest BCUT2D eigenvalue weighted by Gasteiger charge is -2.25. The van der Waals surface area contributed by atoms with Gasteiger partial charge in [-0.1, -0.05) is 6.92 Å². The molecule has 66 valence electrons. The lowest BCUT2D eigenvalue weighted by Crippen LogP contribution is -2.35. The van der Waals surface area contributed by atoms with E-state index < -0.39 is 8.32 Å². The molecule has 0 unspecified atom stereocenters. The molecule has 0 radical (unpaired) electrons. The molecule has 0 amide bonds. The van der Waals surface area contributed by atoms with E-state index in [1.54, 1.807) is 7.11 Å². The summed E-state index contributed by atoms with van der Waals surface area (Å²) < 4.78 is 11.3. The molecule has 1 aliphatic rings. The fraction of sp³-hybridized carbons (Fsp3) is 1.00. The van der Waals surface area contributed by atoms with Gasteiger partial charge >= 0.3 is 0 Å². The number of hydrogen-bond acceptors (Lipinski definition) is 2. The second-order valence-corrected chi connectivity index (χ2v) is 8.76. The second-order valence-electron chi connectivity index (χ2n) is 4.34. The van der Waals surface area contributed by atoms with Crippen molar-refractivity contribution in [1.29, 1.82) is 0 Å². The Labute approximate surface area is 70.0 Å². The number of methoxy groups -OCH3 is 1. The van der Waals surface area contributed by atoms with Crippen LogP contribution in [-0.2, 0) is 9.16 Å². The van der Waals surface area contributed by atoms with Gasteiger partial charge in [0.1, 0.15) is 0 Å². The fourth-order valence-electron chi connectivity index (χ4n) is 1.35. The summed E-state index contributed by atoms with van der Waals surface area (Å²) in [5.41, 5.74) is 0. The Kier molecular flexibility index (Phi) is 2.16. The molecule has 0 heterocycles. The van der Waals surface area contributed by atoms with Gasteiger partial charge < -0.3 is 9.16 Å². The SMILES string of the molecule is CO[C@]1(O[Si](C)(C)C)C[C@@H]1C. The Hall–Kier alpha value is 0.137. The Balaban J connectivity index is 2.48. The highest BCUT2D eigenvalue weighted by molar-refractivity contribution is 6.69. The monoisotopic (exact) mass is 174 g/mol.